The zero-order valence-electron chi connectivity index (χ0n) is 18.2. The third-order valence-electron chi connectivity index (χ3n) is 6.50. The summed E-state index contributed by atoms with van der Waals surface area (Å²) in [4.78, 5) is 41.3. The van der Waals surface area contributed by atoms with Crippen LogP contribution in [0.2, 0.25) is 5.02 Å². The Morgan fingerprint density at radius 2 is 1.12 bits per heavy atom. The van der Waals surface area contributed by atoms with Crippen molar-refractivity contribution in [2.24, 2.45) is 5.92 Å². The molecule has 4 aromatic rings. The number of rotatable bonds is 6. The Balaban J connectivity index is 1.72. The molecule has 1 aliphatic carbocycles. The van der Waals surface area contributed by atoms with E-state index in [0.717, 1.165) is 11.1 Å². The highest BCUT2D eigenvalue weighted by Gasteiger charge is 2.48. The Morgan fingerprint density at radius 3 is 1.68 bits per heavy atom. The number of fused-ring (bicyclic) bond motifs is 1. The van der Waals surface area contributed by atoms with Crippen molar-refractivity contribution in [3.05, 3.63) is 142 Å². The van der Waals surface area contributed by atoms with Crippen molar-refractivity contribution < 1.29 is 14.4 Å². The number of hydrogen-bond acceptors (Lipinski definition) is 3. The summed E-state index contributed by atoms with van der Waals surface area (Å²) in [6.07, 6.45) is 0. The van der Waals surface area contributed by atoms with Crippen LogP contribution in [0.5, 0.6) is 0 Å². The lowest BCUT2D eigenvalue weighted by Crippen LogP contribution is -2.32. The normalized spacial score (nSPS) is 15.1. The highest BCUT2D eigenvalue weighted by atomic mass is 35.5. The monoisotopic (exact) mass is 464 g/mol. The zero-order chi connectivity index (χ0) is 23.7. The summed E-state index contributed by atoms with van der Waals surface area (Å²) in [5, 5.41) is 0.542. The van der Waals surface area contributed by atoms with E-state index in [1.54, 1.807) is 48.5 Å². The first-order chi connectivity index (χ1) is 16.6. The lowest BCUT2D eigenvalue weighted by Gasteiger charge is -2.30. The molecule has 0 heterocycles. The van der Waals surface area contributed by atoms with Crippen LogP contribution in [-0.2, 0) is 0 Å². The highest BCUT2D eigenvalue weighted by molar-refractivity contribution is 6.30. The van der Waals surface area contributed by atoms with E-state index in [4.69, 9.17) is 11.6 Å². The van der Waals surface area contributed by atoms with Gasteiger partial charge in [0, 0.05) is 27.6 Å². The fourth-order valence-electron chi connectivity index (χ4n) is 4.92. The molecule has 0 spiro atoms. The van der Waals surface area contributed by atoms with Crippen molar-refractivity contribution in [3.63, 3.8) is 0 Å². The number of carbonyl (C=O) groups is 3. The van der Waals surface area contributed by atoms with Crippen molar-refractivity contribution in [2.45, 2.75) is 11.8 Å². The molecule has 0 aromatic heterocycles. The van der Waals surface area contributed by atoms with E-state index in [1.165, 1.54) is 0 Å². The van der Waals surface area contributed by atoms with Gasteiger partial charge in [0.2, 0.25) is 0 Å². The summed E-state index contributed by atoms with van der Waals surface area (Å²) in [5.41, 5.74) is 2.84. The Kier molecular flexibility index (Phi) is 5.95. The van der Waals surface area contributed by atoms with Crippen LogP contribution in [0.25, 0.3) is 0 Å². The SMILES string of the molecule is O=C1c2ccccc2C(=O)C1C(c1ccc(Cl)cc1)C(C(=O)c1ccccc1)c1ccccc1. The average Bonchev–Trinajstić information content (AvgIpc) is 3.14. The van der Waals surface area contributed by atoms with Crippen molar-refractivity contribution in [1.82, 2.24) is 0 Å². The molecule has 5 rings (SSSR count). The predicted octanol–water partition coefficient (Wildman–Crippen LogP) is 6.79. The van der Waals surface area contributed by atoms with Crippen LogP contribution in [0.4, 0.5) is 0 Å². The molecule has 0 bridgehead atoms. The number of benzene rings is 4. The second-order valence-corrected chi connectivity index (χ2v) is 8.88. The summed E-state index contributed by atoms with van der Waals surface area (Å²) < 4.78 is 0. The first kappa shape index (κ1) is 22.0. The van der Waals surface area contributed by atoms with Gasteiger partial charge in [-0.1, -0.05) is 109 Å². The number of carbonyl (C=O) groups excluding carboxylic acids is 3. The number of ketones is 3. The minimum absolute atomic E-state index is 0.136. The van der Waals surface area contributed by atoms with Gasteiger partial charge in [-0.2, -0.15) is 0 Å². The van der Waals surface area contributed by atoms with Gasteiger partial charge in [0.15, 0.2) is 17.3 Å². The molecule has 0 amide bonds. The van der Waals surface area contributed by atoms with Gasteiger partial charge < -0.3 is 0 Å². The quantitative estimate of drug-likeness (QED) is 0.233. The Hall–Kier alpha value is -3.82. The smallest absolute Gasteiger partial charge is 0.175 e. The maximum atomic E-state index is 14.0. The van der Waals surface area contributed by atoms with Gasteiger partial charge in [0.25, 0.3) is 0 Å². The zero-order valence-corrected chi connectivity index (χ0v) is 19.0. The first-order valence-corrected chi connectivity index (χ1v) is 11.5. The number of halogens is 1. The molecule has 0 N–H and O–H groups in total. The molecule has 2 unspecified atom stereocenters. The van der Waals surface area contributed by atoms with E-state index < -0.39 is 17.8 Å². The molecule has 0 fully saturated rings. The summed E-state index contributed by atoms with van der Waals surface area (Å²) >= 11 is 6.16. The average molecular weight is 465 g/mol. The minimum Gasteiger partial charge on any atom is -0.293 e. The number of hydrogen-bond donors (Lipinski definition) is 0. The minimum atomic E-state index is -1.00. The molecule has 34 heavy (non-hydrogen) atoms. The van der Waals surface area contributed by atoms with Gasteiger partial charge in [-0.05, 0) is 23.3 Å². The molecule has 0 saturated carbocycles. The van der Waals surface area contributed by atoms with Crippen LogP contribution in [-0.4, -0.2) is 17.3 Å². The lowest BCUT2D eigenvalue weighted by molar-refractivity contribution is 0.0788. The Bertz CT molecular complexity index is 1330. The molecule has 0 radical (unpaired) electrons. The Morgan fingerprint density at radius 1 is 0.618 bits per heavy atom. The topological polar surface area (TPSA) is 51.2 Å². The summed E-state index contributed by atoms with van der Waals surface area (Å²) in [7, 11) is 0. The van der Waals surface area contributed by atoms with E-state index in [-0.39, 0.29) is 17.3 Å². The maximum Gasteiger partial charge on any atom is 0.175 e. The fourth-order valence-corrected chi connectivity index (χ4v) is 5.05. The van der Waals surface area contributed by atoms with Gasteiger partial charge in [-0.3, -0.25) is 14.4 Å². The van der Waals surface area contributed by atoms with Crippen LogP contribution in [0, 0.1) is 5.92 Å². The van der Waals surface area contributed by atoms with Crippen LogP contribution in [0.15, 0.2) is 109 Å². The van der Waals surface area contributed by atoms with E-state index in [9.17, 15) is 14.4 Å². The van der Waals surface area contributed by atoms with Gasteiger partial charge in [-0.25, -0.2) is 0 Å². The van der Waals surface area contributed by atoms with Crippen molar-refractivity contribution in [1.29, 1.82) is 0 Å². The van der Waals surface area contributed by atoms with Crippen LogP contribution in [0.3, 0.4) is 0 Å². The molecule has 4 heteroatoms. The molecule has 166 valence electrons. The van der Waals surface area contributed by atoms with Gasteiger partial charge in [-0.15, -0.1) is 0 Å². The van der Waals surface area contributed by atoms with E-state index >= 15 is 0 Å². The lowest BCUT2D eigenvalue weighted by atomic mass is 9.69. The van der Waals surface area contributed by atoms with Crippen LogP contribution >= 0.6 is 11.6 Å². The van der Waals surface area contributed by atoms with Gasteiger partial charge in [0.05, 0.1) is 11.8 Å². The molecule has 0 saturated heterocycles. The first-order valence-electron chi connectivity index (χ1n) is 11.1. The van der Waals surface area contributed by atoms with E-state index in [2.05, 4.69) is 0 Å². The fraction of sp³-hybridized carbons (Fsp3) is 0.100. The highest BCUT2D eigenvalue weighted by Crippen LogP contribution is 2.46. The number of Topliss-reactive ketones (excluding diaryl/α,β-unsaturated/α-hetero) is 3. The van der Waals surface area contributed by atoms with Crippen LogP contribution < -0.4 is 0 Å². The molecule has 0 aliphatic heterocycles. The molecule has 4 aromatic carbocycles. The van der Waals surface area contributed by atoms with Crippen molar-refractivity contribution in [2.75, 3.05) is 0 Å². The van der Waals surface area contributed by atoms with Gasteiger partial charge in [0.1, 0.15) is 0 Å². The van der Waals surface area contributed by atoms with Gasteiger partial charge >= 0.3 is 0 Å². The van der Waals surface area contributed by atoms with Crippen LogP contribution in [0.1, 0.15) is 54.0 Å². The Labute approximate surface area is 203 Å². The van der Waals surface area contributed by atoms with Crippen molar-refractivity contribution >= 4 is 29.0 Å². The molecule has 1 aliphatic rings. The third kappa shape index (κ3) is 3.89. The second-order valence-electron chi connectivity index (χ2n) is 8.45. The molecule has 3 nitrogen and oxygen atoms in total. The largest absolute Gasteiger partial charge is 0.293 e. The summed E-state index contributed by atoms with van der Waals surface area (Å²) in [5.74, 6) is -3.07. The maximum absolute atomic E-state index is 14.0. The molecular formula is C30H21ClO3. The van der Waals surface area contributed by atoms with E-state index in [1.807, 2.05) is 60.7 Å². The van der Waals surface area contributed by atoms with E-state index in [0.29, 0.717) is 21.7 Å². The van der Waals surface area contributed by atoms with Crippen molar-refractivity contribution in [3.8, 4) is 0 Å². The standard InChI is InChI=1S/C30H21ClO3/c31-22-17-15-20(16-18-22)25(27-29(33)23-13-7-8-14-24(23)30(27)34)26(19-9-3-1-4-10-19)28(32)21-11-5-2-6-12-21/h1-18,25-27H. The molecule has 2 atom stereocenters. The summed E-state index contributed by atoms with van der Waals surface area (Å²) in [6.45, 7) is 0. The second kappa shape index (κ2) is 9.20. The predicted molar refractivity (Wildman–Crippen MR) is 133 cm³/mol. The molecular weight excluding hydrogens is 444 g/mol. The summed E-state index contributed by atoms with van der Waals surface area (Å²) in [6, 6.07) is 32.4. The third-order valence-corrected chi connectivity index (χ3v) is 6.75.